The van der Waals surface area contributed by atoms with Crippen molar-refractivity contribution < 1.29 is 5.11 Å². The molecule has 0 aromatic heterocycles. The zero-order chi connectivity index (χ0) is 11.5. The SMILES string of the molecule is CCC(C)(O)CN1C(C)CCCC1CN. The first-order chi connectivity index (χ1) is 7.00. The molecular weight excluding hydrogens is 188 g/mol. The molecule has 1 aliphatic heterocycles. The van der Waals surface area contributed by atoms with E-state index < -0.39 is 5.60 Å². The summed E-state index contributed by atoms with van der Waals surface area (Å²) in [6.07, 6.45) is 4.48. The smallest absolute Gasteiger partial charge is 0.0743 e. The van der Waals surface area contributed by atoms with Gasteiger partial charge in [0.15, 0.2) is 0 Å². The first-order valence-electron chi connectivity index (χ1n) is 6.18. The van der Waals surface area contributed by atoms with E-state index in [0.29, 0.717) is 18.6 Å². The number of β-amino-alcohol motifs (C(OH)–C–C–N with tert-alkyl or cyclic N) is 1. The van der Waals surface area contributed by atoms with Gasteiger partial charge in [0.2, 0.25) is 0 Å². The van der Waals surface area contributed by atoms with Crippen molar-refractivity contribution in [1.82, 2.24) is 4.90 Å². The van der Waals surface area contributed by atoms with Gasteiger partial charge in [-0.15, -0.1) is 0 Å². The highest BCUT2D eigenvalue weighted by Crippen LogP contribution is 2.25. The van der Waals surface area contributed by atoms with Crippen LogP contribution in [0.4, 0.5) is 0 Å². The van der Waals surface area contributed by atoms with E-state index in [-0.39, 0.29) is 0 Å². The highest BCUT2D eigenvalue weighted by atomic mass is 16.3. The van der Waals surface area contributed by atoms with Crippen LogP contribution in [0, 0.1) is 0 Å². The molecular formula is C12H26N2O. The summed E-state index contributed by atoms with van der Waals surface area (Å²) in [5.41, 5.74) is 5.22. The number of nitrogens with zero attached hydrogens (tertiary/aromatic N) is 1. The summed E-state index contributed by atoms with van der Waals surface area (Å²) in [6, 6.07) is 1.03. The molecule has 1 fully saturated rings. The third kappa shape index (κ3) is 3.44. The monoisotopic (exact) mass is 214 g/mol. The Hall–Kier alpha value is -0.120. The van der Waals surface area contributed by atoms with Crippen molar-refractivity contribution in [1.29, 1.82) is 0 Å². The van der Waals surface area contributed by atoms with Crippen LogP contribution in [-0.4, -0.2) is 40.8 Å². The van der Waals surface area contributed by atoms with Gasteiger partial charge in [0.25, 0.3) is 0 Å². The molecule has 1 aliphatic rings. The minimum atomic E-state index is -0.570. The quantitative estimate of drug-likeness (QED) is 0.742. The van der Waals surface area contributed by atoms with Gasteiger partial charge >= 0.3 is 0 Å². The van der Waals surface area contributed by atoms with Crippen LogP contribution in [0.25, 0.3) is 0 Å². The molecule has 0 radical (unpaired) electrons. The van der Waals surface area contributed by atoms with E-state index in [1.807, 2.05) is 13.8 Å². The predicted molar refractivity (Wildman–Crippen MR) is 63.8 cm³/mol. The van der Waals surface area contributed by atoms with Gasteiger partial charge < -0.3 is 10.8 Å². The molecule has 3 atom stereocenters. The molecule has 15 heavy (non-hydrogen) atoms. The normalized spacial score (nSPS) is 32.6. The number of piperidine rings is 1. The molecule has 0 bridgehead atoms. The van der Waals surface area contributed by atoms with Crippen LogP contribution in [0.1, 0.15) is 46.5 Å². The minimum Gasteiger partial charge on any atom is -0.389 e. The highest BCUT2D eigenvalue weighted by molar-refractivity contribution is 4.87. The second kappa shape index (κ2) is 5.28. The molecule has 1 rings (SSSR count). The van der Waals surface area contributed by atoms with Crippen molar-refractivity contribution in [2.75, 3.05) is 13.1 Å². The number of nitrogens with two attached hydrogens (primary N) is 1. The molecule has 0 aliphatic carbocycles. The third-order valence-corrected chi connectivity index (χ3v) is 3.75. The zero-order valence-electron chi connectivity index (χ0n) is 10.4. The van der Waals surface area contributed by atoms with Crippen molar-refractivity contribution in [2.45, 2.75) is 64.1 Å². The van der Waals surface area contributed by atoms with Crippen LogP contribution < -0.4 is 5.73 Å². The van der Waals surface area contributed by atoms with Gasteiger partial charge in [0.1, 0.15) is 0 Å². The standard InChI is InChI=1S/C12H26N2O/c1-4-12(3,15)9-14-10(2)6-5-7-11(14)8-13/h10-11,15H,4-9,13H2,1-3H3. The molecule has 0 saturated carbocycles. The first-order valence-corrected chi connectivity index (χ1v) is 6.18. The number of hydrogen-bond acceptors (Lipinski definition) is 3. The minimum absolute atomic E-state index is 0.465. The van der Waals surface area contributed by atoms with Gasteiger partial charge in [-0.3, -0.25) is 4.90 Å². The molecule has 1 heterocycles. The fourth-order valence-electron chi connectivity index (χ4n) is 2.38. The third-order valence-electron chi connectivity index (χ3n) is 3.75. The van der Waals surface area contributed by atoms with E-state index in [4.69, 9.17) is 5.73 Å². The van der Waals surface area contributed by atoms with Gasteiger partial charge in [-0.2, -0.15) is 0 Å². The summed E-state index contributed by atoms with van der Waals surface area (Å²) in [6.45, 7) is 7.66. The van der Waals surface area contributed by atoms with Crippen molar-refractivity contribution >= 4 is 0 Å². The van der Waals surface area contributed by atoms with Crippen molar-refractivity contribution in [2.24, 2.45) is 5.73 Å². The fraction of sp³-hybridized carbons (Fsp3) is 1.00. The Morgan fingerprint density at radius 1 is 1.47 bits per heavy atom. The van der Waals surface area contributed by atoms with Crippen LogP contribution in [0.5, 0.6) is 0 Å². The molecule has 90 valence electrons. The summed E-state index contributed by atoms with van der Waals surface area (Å²) in [7, 11) is 0. The largest absolute Gasteiger partial charge is 0.389 e. The van der Waals surface area contributed by atoms with Gasteiger partial charge in [0, 0.05) is 25.2 Å². The van der Waals surface area contributed by atoms with Crippen LogP contribution in [0.3, 0.4) is 0 Å². The van der Waals surface area contributed by atoms with Crippen LogP contribution in [0.15, 0.2) is 0 Å². The highest BCUT2D eigenvalue weighted by Gasteiger charge is 2.31. The van der Waals surface area contributed by atoms with E-state index >= 15 is 0 Å². The topological polar surface area (TPSA) is 49.5 Å². The van der Waals surface area contributed by atoms with Gasteiger partial charge in [-0.1, -0.05) is 13.3 Å². The number of rotatable bonds is 4. The van der Waals surface area contributed by atoms with Gasteiger partial charge in [0.05, 0.1) is 5.60 Å². The van der Waals surface area contributed by atoms with Crippen molar-refractivity contribution in [3.63, 3.8) is 0 Å². The summed E-state index contributed by atoms with van der Waals surface area (Å²) >= 11 is 0. The molecule has 0 aromatic carbocycles. The maximum atomic E-state index is 10.1. The lowest BCUT2D eigenvalue weighted by molar-refractivity contribution is -0.0226. The van der Waals surface area contributed by atoms with E-state index in [9.17, 15) is 5.11 Å². The lowest BCUT2D eigenvalue weighted by atomic mass is 9.93. The fourth-order valence-corrected chi connectivity index (χ4v) is 2.38. The molecule has 3 N–H and O–H groups in total. The second-order valence-electron chi connectivity index (χ2n) is 5.19. The summed E-state index contributed by atoms with van der Waals surface area (Å²) in [5.74, 6) is 0. The molecule has 0 amide bonds. The van der Waals surface area contributed by atoms with Crippen LogP contribution in [-0.2, 0) is 0 Å². The lowest BCUT2D eigenvalue weighted by Gasteiger charge is -2.43. The Labute approximate surface area is 93.6 Å². The van der Waals surface area contributed by atoms with Gasteiger partial charge in [-0.05, 0) is 33.1 Å². The lowest BCUT2D eigenvalue weighted by Crippen LogP contribution is -2.54. The van der Waals surface area contributed by atoms with E-state index in [1.54, 1.807) is 0 Å². The molecule has 3 nitrogen and oxygen atoms in total. The van der Waals surface area contributed by atoms with E-state index in [2.05, 4.69) is 11.8 Å². The Morgan fingerprint density at radius 3 is 2.67 bits per heavy atom. The van der Waals surface area contributed by atoms with Gasteiger partial charge in [-0.25, -0.2) is 0 Å². The Morgan fingerprint density at radius 2 is 2.13 bits per heavy atom. The Bertz CT molecular complexity index is 194. The van der Waals surface area contributed by atoms with Crippen LogP contribution >= 0.6 is 0 Å². The average molecular weight is 214 g/mol. The van der Waals surface area contributed by atoms with Crippen molar-refractivity contribution in [3.8, 4) is 0 Å². The maximum Gasteiger partial charge on any atom is 0.0743 e. The van der Waals surface area contributed by atoms with Crippen molar-refractivity contribution in [3.05, 3.63) is 0 Å². The molecule has 0 aromatic rings. The molecule has 3 unspecified atom stereocenters. The summed E-state index contributed by atoms with van der Waals surface area (Å²) in [5, 5.41) is 10.1. The molecule has 1 saturated heterocycles. The summed E-state index contributed by atoms with van der Waals surface area (Å²) < 4.78 is 0. The molecule has 3 heteroatoms. The second-order valence-corrected chi connectivity index (χ2v) is 5.19. The maximum absolute atomic E-state index is 10.1. The van der Waals surface area contributed by atoms with Crippen LogP contribution in [0.2, 0.25) is 0 Å². The predicted octanol–water partition coefficient (Wildman–Crippen LogP) is 1.35. The number of hydrogen-bond donors (Lipinski definition) is 2. The Kier molecular flexibility index (Phi) is 4.56. The zero-order valence-corrected chi connectivity index (χ0v) is 10.4. The average Bonchev–Trinajstić information content (AvgIpc) is 2.21. The van der Waals surface area contributed by atoms with E-state index in [0.717, 1.165) is 13.0 Å². The van der Waals surface area contributed by atoms with E-state index in [1.165, 1.54) is 19.3 Å². The number of aliphatic hydroxyl groups is 1. The first kappa shape index (κ1) is 12.9. The Balaban J connectivity index is 2.62. The molecule has 0 spiro atoms. The number of likely N-dealkylation sites (tertiary alicyclic amines) is 1. The summed E-state index contributed by atoms with van der Waals surface area (Å²) in [4.78, 5) is 2.40.